The molecule has 1 aliphatic rings. The Hall–Kier alpha value is -1.18. The molecule has 0 aliphatic carbocycles. The van der Waals surface area contributed by atoms with Crippen LogP contribution in [0.25, 0.3) is 5.65 Å². The van der Waals surface area contributed by atoms with E-state index in [1.54, 1.807) is 4.52 Å². The average molecular weight is 298 g/mol. The number of pyridine rings is 1. The van der Waals surface area contributed by atoms with Gasteiger partial charge in [0, 0.05) is 23.8 Å². The molecule has 0 unspecified atom stereocenters. The van der Waals surface area contributed by atoms with E-state index in [9.17, 15) is 0 Å². The molecule has 1 saturated heterocycles. The van der Waals surface area contributed by atoms with Gasteiger partial charge in [-0.3, -0.25) is 5.43 Å². The molecule has 2 aromatic rings. The van der Waals surface area contributed by atoms with E-state index in [1.165, 1.54) is 0 Å². The van der Waals surface area contributed by atoms with Crippen molar-refractivity contribution in [3.63, 3.8) is 0 Å². The molecule has 1 fully saturated rings. The van der Waals surface area contributed by atoms with Crippen LogP contribution in [0, 0.1) is 0 Å². The maximum absolute atomic E-state index is 5.28. The minimum absolute atomic E-state index is 0.616. The number of hydrazine groups is 1. The topological polar surface area (TPSA) is 54.7 Å². The first-order valence-corrected chi connectivity index (χ1v) is 6.22. The van der Waals surface area contributed by atoms with E-state index < -0.39 is 0 Å². The van der Waals surface area contributed by atoms with Crippen molar-refractivity contribution in [3.05, 3.63) is 22.8 Å². The monoisotopic (exact) mass is 297 g/mol. The number of morpholine rings is 1. The molecule has 3 rings (SSSR count). The molecular formula is C10H12BrN5O. The summed E-state index contributed by atoms with van der Waals surface area (Å²) in [6.07, 6.45) is 1.88. The minimum atomic E-state index is 0.616. The second-order valence-electron chi connectivity index (χ2n) is 3.80. The normalized spacial score (nSPS) is 17.5. The van der Waals surface area contributed by atoms with Gasteiger partial charge in [0.15, 0.2) is 5.65 Å². The van der Waals surface area contributed by atoms with Crippen molar-refractivity contribution in [2.24, 2.45) is 0 Å². The van der Waals surface area contributed by atoms with Crippen molar-refractivity contribution in [3.8, 4) is 0 Å². The van der Waals surface area contributed by atoms with Crippen LogP contribution in [-0.4, -0.2) is 45.9 Å². The Morgan fingerprint density at radius 3 is 2.94 bits per heavy atom. The van der Waals surface area contributed by atoms with Crippen molar-refractivity contribution in [1.29, 1.82) is 0 Å². The Morgan fingerprint density at radius 2 is 2.12 bits per heavy atom. The zero-order chi connectivity index (χ0) is 11.7. The molecular weight excluding hydrogens is 286 g/mol. The molecule has 0 atom stereocenters. The number of aromatic nitrogens is 3. The number of halogens is 1. The highest BCUT2D eigenvalue weighted by atomic mass is 79.9. The Morgan fingerprint density at radius 1 is 1.29 bits per heavy atom. The number of hydrogen-bond donors (Lipinski definition) is 1. The smallest absolute Gasteiger partial charge is 0.257 e. The predicted molar refractivity (Wildman–Crippen MR) is 66.7 cm³/mol. The molecule has 90 valence electrons. The first kappa shape index (κ1) is 10.9. The molecule has 0 bridgehead atoms. The second-order valence-corrected chi connectivity index (χ2v) is 4.71. The first-order chi connectivity index (χ1) is 8.31. The lowest BCUT2D eigenvalue weighted by molar-refractivity contribution is 0.0493. The van der Waals surface area contributed by atoms with Gasteiger partial charge >= 0.3 is 0 Å². The number of nitrogens with zero attached hydrogens (tertiary/aromatic N) is 4. The SMILES string of the molecule is Brc1ccc2nc(NN3CCOCC3)nn2c1. The number of rotatable bonds is 2. The van der Waals surface area contributed by atoms with Gasteiger partial charge in [-0.2, -0.15) is 4.98 Å². The van der Waals surface area contributed by atoms with Gasteiger partial charge in [0.05, 0.1) is 13.2 Å². The molecule has 1 N–H and O–H groups in total. The average Bonchev–Trinajstić information content (AvgIpc) is 2.71. The molecule has 0 radical (unpaired) electrons. The van der Waals surface area contributed by atoms with E-state index in [2.05, 4.69) is 36.4 Å². The van der Waals surface area contributed by atoms with Crippen LogP contribution in [0.2, 0.25) is 0 Å². The number of nitrogens with one attached hydrogen (secondary N) is 1. The van der Waals surface area contributed by atoms with Crippen LogP contribution < -0.4 is 5.43 Å². The fourth-order valence-corrected chi connectivity index (χ4v) is 2.05. The number of ether oxygens (including phenoxy) is 1. The molecule has 1 aliphatic heterocycles. The third-order valence-electron chi connectivity index (χ3n) is 2.56. The van der Waals surface area contributed by atoms with Gasteiger partial charge in [-0.05, 0) is 28.1 Å². The summed E-state index contributed by atoms with van der Waals surface area (Å²) in [5.74, 6) is 0.616. The van der Waals surface area contributed by atoms with Crippen LogP contribution >= 0.6 is 15.9 Å². The molecule has 0 saturated carbocycles. The van der Waals surface area contributed by atoms with Crippen LogP contribution in [0.15, 0.2) is 22.8 Å². The van der Waals surface area contributed by atoms with Crippen LogP contribution in [0.1, 0.15) is 0 Å². The standard InChI is InChI=1S/C10H12BrN5O/c11-8-1-2-9-12-10(14-16(9)7-8)13-15-3-5-17-6-4-15/h1-2,7H,3-6H2,(H,13,14). The van der Waals surface area contributed by atoms with Crippen molar-refractivity contribution in [2.45, 2.75) is 0 Å². The summed E-state index contributed by atoms with van der Waals surface area (Å²) in [4.78, 5) is 4.39. The fourth-order valence-electron chi connectivity index (χ4n) is 1.72. The van der Waals surface area contributed by atoms with Crippen molar-refractivity contribution >= 4 is 27.5 Å². The molecule has 2 aromatic heterocycles. The minimum Gasteiger partial charge on any atom is -0.379 e. The fraction of sp³-hybridized carbons (Fsp3) is 0.400. The largest absolute Gasteiger partial charge is 0.379 e. The highest BCUT2D eigenvalue weighted by molar-refractivity contribution is 9.10. The second kappa shape index (κ2) is 4.59. The van der Waals surface area contributed by atoms with Crippen molar-refractivity contribution in [1.82, 2.24) is 19.6 Å². The van der Waals surface area contributed by atoms with Gasteiger partial charge in [0.1, 0.15) is 0 Å². The van der Waals surface area contributed by atoms with Crippen LogP contribution in [0.3, 0.4) is 0 Å². The lowest BCUT2D eigenvalue weighted by Gasteiger charge is -2.26. The van der Waals surface area contributed by atoms with E-state index in [0.717, 1.165) is 36.4 Å². The molecule has 17 heavy (non-hydrogen) atoms. The van der Waals surface area contributed by atoms with E-state index in [0.29, 0.717) is 5.95 Å². The third-order valence-corrected chi connectivity index (χ3v) is 3.03. The molecule has 0 aromatic carbocycles. The highest BCUT2D eigenvalue weighted by Gasteiger charge is 2.12. The lowest BCUT2D eigenvalue weighted by Crippen LogP contribution is -2.40. The van der Waals surface area contributed by atoms with Gasteiger partial charge in [-0.1, -0.05) is 0 Å². The van der Waals surface area contributed by atoms with Gasteiger partial charge in [-0.15, -0.1) is 5.10 Å². The Balaban J connectivity index is 1.80. The Bertz CT molecular complexity index is 522. The summed E-state index contributed by atoms with van der Waals surface area (Å²) < 4.78 is 8.00. The van der Waals surface area contributed by atoms with Crippen LogP contribution in [0.4, 0.5) is 5.95 Å². The van der Waals surface area contributed by atoms with Gasteiger partial charge in [-0.25, -0.2) is 9.52 Å². The Kier molecular flexibility index (Phi) is 2.96. The third kappa shape index (κ3) is 2.41. The molecule has 6 nitrogen and oxygen atoms in total. The summed E-state index contributed by atoms with van der Waals surface area (Å²) in [5.41, 5.74) is 4.01. The van der Waals surface area contributed by atoms with E-state index in [-0.39, 0.29) is 0 Å². The van der Waals surface area contributed by atoms with Crippen molar-refractivity contribution < 1.29 is 4.74 Å². The van der Waals surface area contributed by atoms with Crippen molar-refractivity contribution in [2.75, 3.05) is 31.7 Å². The summed E-state index contributed by atoms with van der Waals surface area (Å²) in [7, 11) is 0. The zero-order valence-corrected chi connectivity index (χ0v) is 10.7. The van der Waals surface area contributed by atoms with Crippen LogP contribution in [-0.2, 0) is 4.74 Å². The maximum Gasteiger partial charge on any atom is 0.257 e. The maximum atomic E-state index is 5.28. The van der Waals surface area contributed by atoms with Gasteiger partial charge in [0.2, 0.25) is 0 Å². The molecule has 3 heterocycles. The quantitative estimate of drug-likeness (QED) is 0.901. The Labute approximate surface area is 107 Å². The molecule has 0 amide bonds. The summed E-state index contributed by atoms with van der Waals surface area (Å²) in [5, 5.41) is 6.41. The van der Waals surface area contributed by atoms with E-state index in [1.807, 2.05) is 18.3 Å². The predicted octanol–water partition coefficient (Wildman–Crippen LogP) is 1.15. The van der Waals surface area contributed by atoms with Gasteiger partial charge in [0.25, 0.3) is 5.95 Å². The summed E-state index contributed by atoms with van der Waals surface area (Å²) >= 11 is 3.40. The number of fused-ring (bicyclic) bond motifs is 1. The summed E-state index contributed by atoms with van der Waals surface area (Å²) in [6.45, 7) is 3.18. The van der Waals surface area contributed by atoms with E-state index in [4.69, 9.17) is 4.74 Å². The number of hydrogen-bond acceptors (Lipinski definition) is 5. The molecule has 7 heteroatoms. The lowest BCUT2D eigenvalue weighted by atomic mass is 10.5. The van der Waals surface area contributed by atoms with E-state index >= 15 is 0 Å². The van der Waals surface area contributed by atoms with Gasteiger partial charge < -0.3 is 4.74 Å². The highest BCUT2D eigenvalue weighted by Crippen LogP contribution is 2.12. The molecule has 0 spiro atoms. The zero-order valence-electron chi connectivity index (χ0n) is 9.14. The summed E-state index contributed by atoms with van der Waals surface area (Å²) in [6, 6.07) is 3.87. The van der Waals surface area contributed by atoms with Crippen LogP contribution in [0.5, 0.6) is 0 Å². The first-order valence-electron chi connectivity index (χ1n) is 5.42. The number of anilines is 1.